The number of alkyl halides is 3. The summed E-state index contributed by atoms with van der Waals surface area (Å²) < 4.78 is 39.4. The molecular formula is C21H23F3N4O2. The number of nitrogens with one attached hydrogen (secondary N) is 2. The van der Waals surface area contributed by atoms with E-state index in [9.17, 15) is 23.1 Å². The summed E-state index contributed by atoms with van der Waals surface area (Å²) in [5.41, 5.74) is 4.61. The number of fused-ring (bicyclic) bond motifs is 1. The van der Waals surface area contributed by atoms with Crippen molar-refractivity contribution in [1.82, 2.24) is 14.7 Å². The third kappa shape index (κ3) is 4.73. The normalized spacial score (nSPS) is 11.7. The second-order valence-electron chi connectivity index (χ2n) is 6.97. The summed E-state index contributed by atoms with van der Waals surface area (Å²) in [6, 6.07) is 7.10. The van der Waals surface area contributed by atoms with E-state index in [-0.39, 0.29) is 19.1 Å². The van der Waals surface area contributed by atoms with Crippen molar-refractivity contribution in [2.24, 2.45) is 0 Å². The van der Waals surface area contributed by atoms with Crippen LogP contribution in [0.4, 0.5) is 18.9 Å². The fraction of sp³-hybridized carbons (Fsp3) is 0.333. The molecule has 1 amide bonds. The number of pyridine rings is 1. The molecule has 0 saturated heterocycles. The van der Waals surface area contributed by atoms with Gasteiger partial charge in [0.1, 0.15) is 0 Å². The lowest BCUT2D eigenvalue weighted by Crippen LogP contribution is -2.18. The Labute approximate surface area is 171 Å². The van der Waals surface area contributed by atoms with Gasteiger partial charge in [0.2, 0.25) is 0 Å². The van der Waals surface area contributed by atoms with E-state index in [1.165, 1.54) is 0 Å². The van der Waals surface area contributed by atoms with Crippen molar-refractivity contribution in [3.63, 3.8) is 0 Å². The summed E-state index contributed by atoms with van der Waals surface area (Å²) in [7, 11) is 1.57. The quantitative estimate of drug-likeness (QED) is 0.546. The van der Waals surface area contributed by atoms with E-state index in [1.54, 1.807) is 35.8 Å². The highest BCUT2D eigenvalue weighted by molar-refractivity contribution is 5.96. The molecule has 0 aliphatic rings. The van der Waals surface area contributed by atoms with Crippen LogP contribution in [0.3, 0.4) is 0 Å². The average molecular weight is 420 g/mol. The predicted molar refractivity (Wildman–Crippen MR) is 109 cm³/mol. The molecular weight excluding hydrogens is 397 g/mol. The third-order valence-electron chi connectivity index (χ3n) is 4.78. The molecule has 9 heteroatoms. The second-order valence-corrected chi connectivity index (χ2v) is 6.97. The Kier molecular flexibility index (Phi) is 6.31. The summed E-state index contributed by atoms with van der Waals surface area (Å²) in [6.07, 6.45) is -1.41. The maximum atomic E-state index is 12.5. The first-order valence-corrected chi connectivity index (χ1v) is 9.48. The molecule has 0 bridgehead atoms. The van der Waals surface area contributed by atoms with Crippen molar-refractivity contribution in [2.75, 3.05) is 25.5 Å². The fourth-order valence-corrected chi connectivity index (χ4v) is 3.30. The standard InChI is InChI=1S/C21H23F3N4O2/c1-13-9-15(3-4-16(13)20(30)25-2)18-11-27-19-17(26-7-6-21(22,23)24)10-14(5-8-29)12-28(18)19/h3-4,9-12,26,29H,5-8H2,1-2H3,(H,25,30). The van der Waals surface area contributed by atoms with Crippen LogP contribution in [0.15, 0.2) is 36.7 Å². The molecule has 3 rings (SSSR count). The number of nitrogens with zero attached hydrogens (tertiary/aromatic N) is 2. The van der Waals surface area contributed by atoms with Crippen LogP contribution in [0.25, 0.3) is 16.9 Å². The fourth-order valence-electron chi connectivity index (χ4n) is 3.30. The topological polar surface area (TPSA) is 78.7 Å². The predicted octanol–water partition coefficient (Wildman–Crippen LogP) is 3.57. The molecule has 0 fully saturated rings. The number of aryl methyl sites for hydroxylation is 1. The van der Waals surface area contributed by atoms with E-state index >= 15 is 0 Å². The molecule has 3 aromatic rings. The van der Waals surface area contributed by atoms with Gasteiger partial charge in [0.05, 0.1) is 24.0 Å². The number of hydrogen-bond acceptors (Lipinski definition) is 4. The molecule has 0 aliphatic heterocycles. The summed E-state index contributed by atoms with van der Waals surface area (Å²) in [6.45, 7) is 1.47. The SMILES string of the molecule is CNC(=O)c1ccc(-c2cnc3c(NCCC(F)(F)F)cc(CCO)cn23)cc1C. The molecule has 6 nitrogen and oxygen atoms in total. The second kappa shape index (κ2) is 8.74. The van der Waals surface area contributed by atoms with Gasteiger partial charge in [-0.25, -0.2) is 4.98 Å². The molecule has 0 radical (unpaired) electrons. The van der Waals surface area contributed by atoms with Crippen LogP contribution in [0.2, 0.25) is 0 Å². The molecule has 160 valence electrons. The van der Waals surface area contributed by atoms with Crippen molar-refractivity contribution in [2.45, 2.75) is 25.9 Å². The van der Waals surface area contributed by atoms with Gasteiger partial charge in [-0.2, -0.15) is 13.2 Å². The van der Waals surface area contributed by atoms with Gasteiger partial charge in [-0.3, -0.25) is 9.20 Å². The van der Waals surface area contributed by atoms with Gasteiger partial charge >= 0.3 is 6.18 Å². The zero-order valence-corrected chi connectivity index (χ0v) is 16.7. The Morgan fingerprint density at radius 1 is 1.27 bits per heavy atom. The Morgan fingerprint density at radius 3 is 2.67 bits per heavy atom. The molecule has 0 unspecified atom stereocenters. The van der Waals surface area contributed by atoms with Gasteiger partial charge in [-0.15, -0.1) is 0 Å². The van der Waals surface area contributed by atoms with Gasteiger partial charge in [0, 0.05) is 37.5 Å². The number of aliphatic hydroxyl groups excluding tert-OH is 1. The Bertz CT molecular complexity index is 1060. The van der Waals surface area contributed by atoms with E-state index in [2.05, 4.69) is 15.6 Å². The van der Waals surface area contributed by atoms with Crippen LogP contribution >= 0.6 is 0 Å². The smallest absolute Gasteiger partial charge is 0.390 e. The summed E-state index contributed by atoms with van der Waals surface area (Å²) in [5, 5.41) is 14.7. The van der Waals surface area contributed by atoms with E-state index in [4.69, 9.17) is 0 Å². The molecule has 2 aromatic heterocycles. The number of carbonyl (C=O) groups is 1. The van der Waals surface area contributed by atoms with Crippen LogP contribution in [0.5, 0.6) is 0 Å². The molecule has 3 N–H and O–H groups in total. The summed E-state index contributed by atoms with van der Waals surface area (Å²) >= 11 is 0. The summed E-state index contributed by atoms with van der Waals surface area (Å²) in [5.74, 6) is -0.182. The lowest BCUT2D eigenvalue weighted by molar-refractivity contribution is -0.131. The lowest BCUT2D eigenvalue weighted by Gasteiger charge is -2.13. The summed E-state index contributed by atoms with van der Waals surface area (Å²) in [4.78, 5) is 16.3. The molecule has 0 spiro atoms. The maximum absolute atomic E-state index is 12.5. The Morgan fingerprint density at radius 2 is 2.03 bits per heavy atom. The molecule has 0 atom stereocenters. The van der Waals surface area contributed by atoms with Crippen LogP contribution < -0.4 is 10.6 Å². The first-order valence-electron chi connectivity index (χ1n) is 9.48. The number of hydrogen-bond donors (Lipinski definition) is 3. The highest BCUT2D eigenvalue weighted by Crippen LogP contribution is 2.28. The zero-order chi connectivity index (χ0) is 21.9. The van der Waals surface area contributed by atoms with Gasteiger partial charge in [-0.05, 0) is 42.7 Å². The third-order valence-corrected chi connectivity index (χ3v) is 4.78. The number of benzene rings is 1. The highest BCUT2D eigenvalue weighted by atomic mass is 19.4. The minimum Gasteiger partial charge on any atom is -0.396 e. The molecule has 2 heterocycles. The van der Waals surface area contributed by atoms with Crippen LogP contribution in [0, 0.1) is 6.92 Å². The number of anilines is 1. The van der Waals surface area contributed by atoms with Gasteiger partial charge < -0.3 is 15.7 Å². The van der Waals surface area contributed by atoms with Crippen LogP contribution in [0.1, 0.15) is 27.9 Å². The molecule has 30 heavy (non-hydrogen) atoms. The van der Waals surface area contributed by atoms with Crippen molar-refractivity contribution >= 4 is 17.2 Å². The van der Waals surface area contributed by atoms with E-state index < -0.39 is 12.6 Å². The largest absolute Gasteiger partial charge is 0.396 e. The van der Waals surface area contributed by atoms with Crippen molar-refractivity contribution in [3.05, 3.63) is 53.3 Å². The van der Waals surface area contributed by atoms with Gasteiger partial charge in [0.15, 0.2) is 5.65 Å². The number of imidazole rings is 1. The van der Waals surface area contributed by atoms with E-state index in [0.717, 1.165) is 22.4 Å². The van der Waals surface area contributed by atoms with E-state index in [1.807, 2.05) is 19.2 Å². The van der Waals surface area contributed by atoms with Crippen molar-refractivity contribution in [1.29, 1.82) is 0 Å². The Hall–Kier alpha value is -3.07. The van der Waals surface area contributed by atoms with Gasteiger partial charge in [0.25, 0.3) is 5.91 Å². The number of amides is 1. The average Bonchev–Trinajstić information content (AvgIpc) is 3.10. The lowest BCUT2D eigenvalue weighted by atomic mass is 10.0. The number of carbonyl (C=O) groups excluding carboxylic acids is 1. The number of aliphatic hydroxyl groups is 1. The van der Waals surface area contributed by atoms with Crippen molar-refractivity contribution < 1.29 is 23.1 Å². The number of rotatable bonds is 7. The van der Waals surface area contributed by atoms with Crippen LogP contribution in [-0.2, 0) is 6.42 Å². The first kappa shape index (κ1) is 21.6. The first-order chi connectivity index (χ1) is 14.2. The highest BCUT2D eigenvalue weighted by Gasteiger charge is 2.26. The van der Waals surface area contributed by atoms with E-state index in [0.29, 0.717) is 23.3 Å². The van der Waals surface area contributed by atoms with Gasteiger partial charge in [-0.1, -0.05) is 6.07 Å². The minimum atomic E-state index is -4.25. The monoisotopic (exact) mass is 420 g/mol. The minimum absolute atomic E-state index is 0.0859. The van der Waals surface area contributed by atoms with Crippen LogP contribution in [-0.4, -0.2) is 46.8 Å². The van der Waals surface area contributed by atoms with Crippen molar-refractivity contribution in [3.8, 4) is 11.3 Å². The molecule has 1 aromatic carbocycles. The maximum Gasteiger partial charge on any atom is 0.390 e. The Balaban J connectivity index is 2.02. The number of aromatic nitrogens is 2. The number of halogens is 3. The molecule has 0 saturated carbocycles. The molecule has 0 aliphatic carbocycles. The zero-order valence-electron chi connectivity index (χ0n) is 16.7.